The quantitative estimate of drug-likeness (QED) is 0.474. The second kappa shape index (κ2) is 8.14. The number of carbonyl (C=O) groups excluding carboxylic acids is 2. The van der Waals surface area contributed by atoms with Crippen molar-refractivity contribution in [1.82, 2.24) is 0 Å². The van der Waals surface area contributed by atoms with E-state index in [0.717, 1.165) is 6.42 Å². The molecule has 2 aromatic rings. The van der Waals surface area contributed by atoms with Crippen molar-refractivity contribution in [3.8, 4) is 0 Å². The summed E-state index contributed by atoms with van der Waals surface area (Å²) in [6.07, 6.45) is 0.740. The van der Waals surface area contributed by atoms with Crippen molar-refractivity contribution in [2.75, 3.05) is 33.2 Å². The Kier molecular flexibility index (Phi) is 5.86. The Labute approximate surface area is 159 Å². The van der Waals surface area contributed by atoms with Gasteiger partial charge in [0.2, 0.25) is 0 Å². The highest BCUT2D eigenvalue weighted by atomic mass is 28.4. The molecule has 0 spiro atoms. The molecule has 6 nitrogen and oxygen atoms in total. The predicted octanol–water partition coefficient (Wildman–Crippen LogP) is 3.14. The maximum absolute atomic E-state index is 13.0. The minimum Gasteiger partial charge on any atom is -0.384 e. The van der Waals surface area contributed by atoms with Crippen LogP contribution in [0.3, 0.4) is 0 Å². The fourth-order valence-corrected chi connectivity index (χ4v) is 5.10. The van der Waals surface area contributed by atoms with Crippen molar-refractivity contribution in [1.29, 1.82) is 0 Å². The molecule has 0 aliphatic heterocycles. The number of ketones is 2. The van der Waals surface area contributed by atoms with E-state index in [9.17, 15) is 9.59 Å². The van der Waals surface area contributed by atoms with Gasteiger partial charge in [-0.25, -0.2) is 0 Å². The summed E-state index contributed by atoms with van der Waals surface area (Å²) < 4.78 is 16.3. The molecule has 0 amide bonds. The third-order valence-corrected chi connectivity index (χ3v) is 7.69. The summed E-state index contributed by atoms with van der Waals surface area (Å²) in [7, 11) is 2.14. The molecule has 0 aromatic heterocycles. The Morgan fingerprint density at radius 3 is 2.04 bits per heavy atom. The Bertz CT molecular complexity index is 855. The standard InChI is InChI=1S/C20H23NO5Si/c1-24-27(25-2,26-3)13-7-12-21-17-11-6-10-16-18(17)20(23)15-9-5-4-8-14(15)19(16)22/h4-6,8-11,21H,7,12-13H2,1-3H3. The normalized spacial score (nSPS) is 13.3. The monoisotopic (exact) mass is 385 g/mol. The molecule has 0 heterocycles. The number of rotatable bonds is 8. The predicted molar refractivity (Wildman–Crippen MR) is 104 cm³/mol. The molecule has 0 unspecified atom stereocenters. The summed E-state index contributed by atoms with van der Waals surface area (Å²) in [5, 5.41) is 3.28. The van der Waals surface area contributed by atoms with Gasteiger partial charge in [0.25, 0.3) is 0 Å². The van der Waals surface area contributed by atoms with E-state index in [1.807, 2.05) is 6.07 Å². The first-order chi connectivity index (χ1) is 13.1. The van der Waals surface area contributed by atoms with Crippen LogP contribution in [0.15, 0.2) is 42.5 Å². The van der Waals surface area contributed by atoms with Gasteiger partial charge in [-0.05, 0) is 12.5 Å². The van der Waals surface area contributed by atoms with Crippen LogP contribution in [0, 0.1) is 0 Å². The van der Waals surface area contributed by atoms with Gasteiger partial charge in [-0.1, -0.05) is 36.4 Å². The minimum atomic E-state index is -2.62. The van der Waals surface area contributed by atoms with E-state index in [1.165, 1.54) is 0 Å². The molecule has 142 valence electrons. The van der Waals surface area contributed by atoms with Gasteiger partial charge in [-0.15, -0.1) is 0 Å². The summed E-state index contributed by atoms with van der Waals surface area (Å²) >= 11 is 0. The summed E-state index contributed by atoms with van der Waals surface area (Å²) in [4.78, 5) is 25.7. The molecule has 2 aromatic carbocycles. The maximum Gasteiger partial charge on any atom is 0.500 e. The third kappa shape index (κ3) is 3.59. The molecule has 7 heteroatoms. The first-order valence-corrected chi connectivity index (χ1v) is 10.7. The van der Waals surface area contributed by atoms with Gasteiger partial charge in [0.1, 0.15) is 0 Å². The van der Waals surface area contributed by atoms with E-state index >= 15 is 0 Å². The van der Waals surface area contributed by atoms with E-state index in [1.54, 1.807) is 57.7 Å². The molecular weight excluding hydrogens is 362 g/mol. The largest absolute Gasteiger partial charge is 0.500 e. The molecule has 3 rings (SSSR count). The molecule has 1 aliphatic rings. The van der Waals surface area contributed by atoms with Crippen molar-refractivity contribution in [2.24, 2.45) is 0 Å². The highest BCUT2D eigenvalue weighted by molar-refractivity contribution is 6.60. The molecule has 1 aliphatic carbocycles. The summed E-state index contributed by atoms with van der Waals surface area (Å²) in [6, 6.07) is 12.9. The highest BCUT2D eigenvalue weighted by Crippen LogP contribution is 2.32. The number of benzene rings is 2. The molecule has 1 N–H and O–H groups in total. The lowest BCUT2D eigenvalue weighted by molar-refractivity contribution is 0.0979. The Morgan fingerprint density at radius 1 is 0.815 bits per heavy atom. The molecule has 0 saturated heterocycles. The molecular formula is C20H23NO5Si. The van der Waals surface area contributed by atoms with Crippen LogP contribution in [0.2, 0.25) is 6.04 Å². The fraction of sp³-hybridized carbons (Fsp3) is 0.300. The fourth-order valence-electron chi connectivity index (χ4n) is 3.38. The smallest absolute Gasteiger partial charge is 0.384 e. The van der Waals surface area contributed by atoms with Crippen LogP contribution in [0.1, 0.15) is 38.3 Å². The van der Waals surface area contributed by atoms with Gasteiger partial charge < -0.3 is 18.6 Å². The zero-order valence-electron chi connectivity index (χ0n) is 15.7. The second-order valence-corrected chi connectivity index (χ2v) is 9.35. The second-order valence-electron chi connectivity index (χ2n) is 6.26. The summed E-state index contributed by atoms with van der Waals surface area (Å²) in [5.41, 5.74) is 2.46. The van der Waals surface area contributed by atoms with Gasteiger partial charge in [0.15, 0.2) is 11.6 Å². The van der Waals surface area contributed by atoms with E-state index in [2.05, 4.69) is 5.32 Å². The van der Waals surface area contributed by atoms with Crippen LogP contribution in [0.25, 0.3) is 0 Å². The molecule has 0 atom stereocenters. The first kappa shape index (κ1) is 19.4. The summed E-state index contributed by atoms with van der Waals surface area (Å²) in [6.45, 7) is 0.602. The number of anilines is 1. The molecule has 0 radical (unpaired) electrons. The minimum absolute atomic E-state index is 0.117. The molecule has 0 bridgehead atoms. The van der Waals surface area contributed by atoms with E-state index < -0.39 is 8.80 Å². The van der Waals surface area contributed by atoms with Crippen LogP contribution < -0.4 is 5.32 Å². The van der Waals surface area contributed by atoms with Crippen LogP contribution >= 0.6 is 0 Å². The van der Waals surface area contributed by atoms with Crippen LogP contribution in [-0.4, -0.2) is 48.2 Å². The molecule has 0 fully saturated rings. The number of hydrogen-bond acceptors (Lipinski definition) is 6. The Balaban J connectivity index is 1.78. The number of fused-ring (bicyclic) bond motifs is 2. The van der Waals surface area contributed by atoms with Crippen molar-refractivity contribution in [3.63, 3.8) is 0 Å². The maximum atomic E-state index is 13.0. The average molecular weight is 385 g/mol. The lowest BCUT2D eigenvalue weighted by Crippen LogP contribution is -2.42. The Morgan fingerprint density at radius 2 is 1.41 bits per heavy atom. The van der Waals surface area contributed by atoms with Crippen molar-refractivity contribution in [3.05, 3.63) is 64.7 Å². The van der Waals surface area contributed by atoms with Crippen LogP contribution in [0.4, 0.5) is 5.69 Å². The third-order valence-electron chi connectivity index (χ3n) is 4.86. The zero-order valence-corrected chi connectivity index (χ0v) is 16.7. The zero-order chi connectivity index (χ0) is 19.4. The summed E-state index contributed by atoms with van der Waals surface area (Å²) in [5.74, 6) is -0.244. The SMILES string of the molecule is CO[Si](CCCNc1cccc2c1C(=O)c1ccccc1C2=O)(OC)OC. The van der Waals surface area contributed by atoms with E-state index in [0.29, 0.717) is 40.5 Å². The molecule has 0 saturated carbocycles. The van der Waals surface area contributed by atoms with E-state index in [-0.39, 0.29) is 11.6 Å². The lowest BCUT2D eigenvalue weighted by Gasteiger charge is -2.24. The van der Waals surface area contributed by atoms with Gasteiger partial charge in [-0.2, -0.15) is 0 Å². The average Bonchev–Trinajstić information content (AvgIpc) is 2.72. The first-order valence-electron chi connectivity index (χ1n) is 8.77. The van der Waals surface area contributed by atoms with Crippen LogP contribution in [-0.2, 0) is 13.3 Å². The highest BCUT2D eigenvalue weighted by Gasteiger charge is 2.37. The van der Waals surface area contributed by atoms with Crippen molar-refractivity contribution in [2.45, 2.75) is 12.5 Å². The van der Waals surface area contributed by atoms with Gasteiger partial charge in [0, 0.05) is 56.3 Å². The van der Waals surface area contributed by atoms with E-state index in [4.69, 9.17) is 13.3 Å². The van der Waals surface area contributed by atoms with Crippen LogP contribution in [0.5, 0.6) is 0 Å². The number of carbonyl (C=O) groups is 2. The van der Waals surface area contributed by atoms with Crippen molar-refractivity contribution >= 4 is 26.1 Å². The number of hydrogen-bond donors (Lipinski definition) is 1. The van der Waals surface area contributed by atoms with Gasteiger partial charge in [0.05, 0.1) is 5.56 Å². The van der Waals surface area contributed by atoms with Crippen molar-refractivity contribution < 1.29 is 22.9 Å². The lowest BCUT2D eigenvalue weighted by atomic mass is 9.83. The van der Waals surface area contributed by atoms with Gasteiger partial charge in [-0.3, -0.25) is 9.59 Å². The Hall–Kier alpha value is -2.32. The topological polar surface area (TPSA) is 73.9 Å². The van der Waals surface area contributed by atoms with Gasteiger partial charge >= 0.3 is 8.80 Å². The molecule has 27 heavy (non-hydrogen) atoms. The number of nitrogens with one attached hydrogen (secondary N) is 1.